The molecule has 0 fully saturated rings. The summed E-state index contributed by atoms with van der Waals surface area (Å²) in [5.74, 6) is 0.302. The molecule has 0 bridgehead atoms. The number of hydrogen-bond acceptors (Lipinski definition) is 4. The van der Waals surface area contributed by atoms with Gasteiger partial charge in [0.2, 0.25) is 0 Å². The normalized spacial score (nSPS) is 13.6. The second kappa shape index (κ2) is 4.99. The number of carbonyl (C=O) groups is 1. The first kappa shape index (κ1) is 14.1. The first-order valence-electron chi connectivity index (χ1n) is 7.11. The van der Waals surface area contributed by atoms with Crippen LogP contribution < -0.4 is 0 Å². The molecule has 1 aromatic carbocycles. The van der Waals surface area contributed by atoms with Gasteiger partial charge in [-0.2, -0.15) is 0 Å². The lowest BCUT2D eigenvalue weighted by Crippen LogP contribution is -2.07. The lowest BCUT2D eigenvalue weighted by atomic mass is 10.1. The van der Waals surface area contributed by atoms with Crippen molar-refractivity contribution in [3.63, 3.8) is 0 Å². The van der Waals surface area contributed by atoms with Crippen LogP contribution in [0.1, 0.15) is 23.1 Å². The van der Waals surface area contributed by atoms with Crippen molar-refractivity contribution in [2.24, 2.45) is 0 Å². The number of halogens is 1. The van der Waals surface area contributed by atoms with Crippen molar-refractivity contribution < 1.29 is 14.3 Å². The number of hydrogen-bond donors (Lipinski definition) is 0. The molecule has 0 atom stereocenters. The van der Waals surface area contributed by atoms with Gasteiger partial charge >= 0.3 is 5.97 Å². The Morgan fingerprint density at radius 3 is 2.96 bits per heavy atom. The largest absolute Gasteiger partial charge is 0.490 e. The Morgan fingerprint density at radius 1 is 1.35 bits per heavy atom. The molecule has 23 heavy (non-hydrogen) atoms. The van der Waals surface area contributed by atoms with Crippen LogP contribution in [0.5, 0.6) is 0 Å². The Kier molecular flexibility index (Phi) is 3.06. The minimum absolute atomic E-state index is 0.261. The van der Waals surface area contributed by atoms with E-state index in [9.17, 15) is 4.79 Å². The van der Waals surface area contributed by atoms with Crippen molar-refractivity contribution in [3.05, 3.63) is 46.4 Å². The molecular weight excluding hydrogens is 316 g/mol. The first-order valence-corrected chi connectivity index (χ1v) is 7.49. The smallest absolute Gasteiger partial charge is 0.356 e. The van der Waals surface area contributed by atoms with Crippen molar-refractivity contribution in [1.29, 1.82) is 0 Å². The highest BCUT2D eigenvalue weighted by atomic mass is 35.5. The lowest BCUT2D eigenvalue weighted by Gasteiger charge is -2.06. The number of fused-ring (bicyclic) bond motifs is 3. The van der Waals surface area contributed by atoms with Gasteiger partial charge in [-0.3, -0.25) is 0 Å². The number of carbonyl (C=O) groups excluding carboxylic acids is 1. The molecule has 0 saturated heterocycles. The number of aromatic nitrogens is 2. The molecule has 0 amide bonds. The molecular formula is C17H13ClN2O3. The standard InChI is InChI=1S/C17H13ClN2O3/c1-9-7-20-15-4-3-10(18)5-11(15)12-6-13(17(21)22-2)19-14(8-23-9)16(12)20/h3-7H,8H2,1-2H3. The molecule has 0 spiro atoms. The zero-order valence-electron chi connectivity index (χ0n) is 12.6. The van der Waals surface area contributed by atoms with Gasteiger partial charge in [-0.05, 0) is 31.2 Å². The molecule has 0 saturated carbocycles. The fourth-order valence-electron chi connectivity index (χ4n) is 2.96. The summed E-state index contributed by atoms with van der Waals surface area (Å²) in [6.45, 7) is 2.19. The predicted molar refractivity (Wildman–Crippen MR) is 88.3 cm³/mol. The van der Waals surface area contributed by atoms with Gasteiger partial charge in [-0.15, -0.1) is 0 Å². The van der Waals surface area contributed by atoms with Gasteiger partial charge < -0.3 is 14.0 Å². The maximum absolute atomic E-state index is 11.9. The van der Waals surface area contributed by atoms with Crippen molar-refractivity contribution >= 4 is 45.6 Å². The topological polar surface area (TPSA) is 53.4 Å². The quantitative estimate of drug-likeness (QED) is 0.634. The maximum atomic E-state index is 11.9. The van der Waals surface area contributed by atoms with E-state index in [1.165, 1.54) is 7.11 Å². The second-order valence-corrected chi connectivity index (χ2v) is 5.84. The second-order valence-electron chi connectivity index (χ2n) is 5.40. The highest BCUT2D eigenvalue weighted by Gasteiger charge is 2.21. The summed E-state index contributed by atoms with van der Waals surface area (Å²) in [5, 5.41) is 2.51. The van der Waals surface area contributed by atoms with Gasteiger partial charge in [-0.25, -0.2) is 9.78 Å². The van der Waals surface area contributed by atoms with Crippen LogP contribution in [0.2, 0.25) is 5.02 Å². The van der Waals surface area contributed by atoms with E-state index in [-0.39, 0.29) is 5.69 Å². The average Bonchev–Trinajstić information content (AvgIpc) is 2.73. The third-order valence-electron chi connectivity index (χ3n) is 3.96. The van der Waals surface area contributed by atoms with E-state index in [0.29, 0.717) is 17.3 Å². The molecule has 0 unspecified atom stereocenters. The van der Waals surface area contributed by atoms with E-state index >= 15 is 0 Å². The summed E-state index contributed by atoms with van der Waals surface area (Å²) in [6.07, 6.45) is 1.93. The van der Waals surface area contributed by atoms with Crippen molar-refractivity contribution in [2.45, 2.75) is 13.5 Å². The van der Waals surface area contributed by atoms with Crippen LogP contribution in [0.15, 0.2) is 30.0 Å². The fourth-order valence-corrected chi connectivity index (χ4v) is 3.14. The monoisotopic (exact) mass is 328 g/mol. The van der Waals surface area contributed by atoms with Gasteiger partial charge in [0.05, 0.1) is 18.1 Å². The SMILES string of the molecule is COC(=O)c1cc2c3cc(Cl)ccc3n3c2c(n1)COC(C)=C3. The highest BCUT2D eigenvalue weighted by Crippen LogP contribution is 2.35. The molecule has 1 aliphatic heterocycles. The Bertz CT molecular complexity index is 1000. The number of rotatable bonds is 1. The molecule has 0 radical (unpaired) electrons. The zero-order valence-corrected chi connectivity index (χ0v) is 13.3. The molecule has 116 valence electrons. The third kappa shape index (κ3) is 2.08. The summed E-state index contributed by atoms with van der Waals surface area (Å²) < 4.78 is 12.5. The Balaban J connectivity index is 2.19. The molecule has 3 heterocycles. The molecule has 3 aromatic rings. The van der Waals surface area contributed by atoms with Gasteiger partial charge in [-0.1, -0.05) is 11.6 Å². The van der Waals surface area contributed by atoms with Crippen molar-refractivity contribution in [3.8, 4) is 0 Å². The summed E-state index contributed by atoms with van der Waals surface area (Å²) in [5.41, 5.74) is 2.87. The molecule has 5 nitrogen and oxygen atoms in total. The first-order chi connectivity index (χ1) is 11.1. The van der Waals surface area contributed by atoms with E-state index in [4.69, 9.17) is 21.1 Å². The van der Waals surface area contributed by atoms with E-state index in [1.54, 1.807) is 6.07 Å². The number of nitrogens with zero attached hydrogens (tertiary/aromatic N) is 2. The molecule has 6 heteroatoms. The summed E-state index contributed by atoms with van der Waals surface area (Å²) in [4.78, 5) is 16.4. The van der Waals surface area contributed by atoms with Gasteiger partial charge in [0, 0.05) is 22.0 Å². The number of allylic oxidation sites excluding steroid dienone is 1. The average molecular weight is 329 g/mol. The molecule has 2 aromatic heterocycles. The van der Waals surface area contributed by atoms with Crippen LogP contribution in [-0.4, -0.2) is 22.6 Å². The lowest BCUT2D eigenvalue weighted by molar-refractivity contribution is 0.0593. The minimum atomic E-state index is -0.472. The highest BCUT2D eigenvalue weighted by molar-refractivity contribution is 6.32. The van der Waals surface area contributed by atoms with Crippen LogP contribution in [-0.2, 0) is 16.1 Å². The number of pyridine rings is 1. The van der Waals surface area contributed by atoms with E-state index in [2.05, 4.69) is 4.98 Å². The van der Waals surface area contributed by atoms with Crippen LogP contribution in [0.25, 0.3) is 28.0 Å². The van der Waals surface area contributed by atoms with Gasteiger partial charge in [0.25, 0.3) is 0 Å². The van der Waals surface area contributed by atoms with E-state index in [0.717, 1.165) is 27.6 Å². The van der Waals surface area contributed by atoms with E-state index < -0.39 is 5.97 Å². The molecule has 4 rings (SSSR count). The molecule has 1 aliphatic rings. The summed E-state index contributed by atoms with van der Waals surface area (Å²) in [7, 11) is 1.34. The summed E-state index contributed by atoms with van der Waals surface area (Å²) in [6, 6.07) is 7.43. The fraction of sp³-hybridized carbons (Fsp3) is 0.176. The maximum Gasteiger partial charge on any atom is 0.356 e. The number of benzene rings is 1. The summed E-state index contributed by atoms with van der Waals surface area (Å²) >= 11 is 6.16. The minimum Gasteiger partial charge on any atom is -0.490 e. The van der Waals surface area contributed by atoms with Crippen molar-refractivity contribution in [2.75, 3.05) is 7.11 Å². The Labute approximate surface area is 137 Å². The van der Waals surface area contributed by atoms with Crippen molar-refractivity contribution in [1.82, 2.24) is 9.55 Å². The van der Waals surface area contributed by atoms with Gasteiger partial charge in [0.15, 0.2) is 0 Å². The van der Waals surface area contributed by atoms with E-state index in [1.807, 2.05) is 35.9 Å². The Morgan fingerprint density at radius 2 is 2.17 bits per heavy atom. The van der Waals surface area contributed by atoms with Crippen LogP contribution in [0.3, 0.4) is 0 Å². The third-order valence-corrected chi connectivity index (χ3v) is 4.19. The van der Waals surface area contributed by atoms with Crippen LogP contribution in [0.4, 0.5) is 0 Å². The number of methoxy groups -OCH3 is 1. The Hall–Kier alpha value is -2.53. The number of ether oxygens (including phenoxy) is 2. The molecule has 0 aliphatic carbocycles. The van der Waals surface area contributed by atoms with Crippen LogP contribution >= 0.6 is 11.6 Å². The zero-order chi connectivity index (χ0) is 16.1. The predicted octanol–water partition coefficient (Wildman–Crippen LogP) is 3.98. The molecule has 0 N–H and O–H groups in total. The van der Waals surface area contributed by atoms with Gasteiger partial charge in [0.1, 0.15) is 23.8 Å². The van der Waals surface area contributed by atoms with Crippen LogP contribution in [0, 0.1) is 0 Å². The number of esters is 1.